The van der Waals surface area contributed by atoms with Gasteiger partial charge in [-0.05, 0) is 13.8 Å². The van der Waals surface area contributed by atoms with E-state index in [0.717, 1.165) is 39.4 Å². The molecule has 0 aliphatic carbocycles. The van der Waals surface area contributed by atoms with Gasteiger partial charge < -0.3 is 9.84 Å². The summed E-state index contributed by atoms with van der Waals surface area (Å²) in [5.74, 6) is -0.720. The Morgan fingerprint density at radius 1 is 1.35 bits per heavy atom. The Kier molecular flexibility index (Phi) is 6.47. The number of hydrogen-bond acceptors (Lipinski definition) is 4. The van der Waals surface area contributed by atoms with E-state index in [1.165, 1.54) is 0 Å². The molecule has 0 atom stereocenters. The van der Waals surface area contributed by atoms with Crippen LogP contribution >= 0.6 is 0 Å². The Morgan fingerprint density at radius 3 is 2.53 bits per heavy atom. The summed E-state index contributed by atoms with van der Waals surface area (Å²) in [6.07, 6.45) is 0.224. The molecule has 1 heterocycles. The molecule has 1 N–H and O–H groups in total. The molecule has 0 radical (unpaired) electrons. The molecule has 0 aromatic rings. The van der Waals surface area contributed by atoms with Crippen LogP contribution in [0.3, 0.4) is 0 Å². The van der Waals surface area contributed by atoms with E-state index in [9.17, 15) is 4.79 Å². The van der Waals surface area contributed by atoms with E-state index >= 15 is 0 Å². The maximum atomic E-state index is 10.6. The van der Waals surface area contributed by atoms with Crippen molar-refractivity contribution >= 4 is 5.97 Å². The van der Waals surface area contributed by atoms with Crippen LogP contribution in [0.15, 0.2) is 0 Å². The minimum Gasteiger partial charge on any atom is -0.481 e. The lowest BCUT2D eigenvalue weighted by atomic mass is 10.2. The first-order chi connectivity index (χ1) is 8.09. The topological polar surface area (TPSA) is 53.0 Å². The van der Waals surface area contributed by atoms with Gasteiger partial charge in [0.2, 0.25) is 0 Å². The van der Waals surface area contributed by atoms with Crippen molar-refractivity contribution in [3.63, 3.8) is 0 Å². The van der Waals surface area contributed by atoms with E-state index in [1.807, 2.05) is 0 Å². The highest BCUT2D eigenvalue weighted by Crippen LogP contribution is 2.02. The fraction of sp³-hybridized carbons (Fsp3) is 0.917. The van der Waals surface area contributed by atoms with Crippen LogP contribution in [-0.2, 0) is 9.53 Å². The summed E-state index contributed by atoms with van der Waals surface area (Å²) >= 11 is 0. The highest BCUT2D eigenvalue weighted by molar-refractivity contribution is 5.66. The number of morpholine rings is 1. The van der Waals surface area contributed by atoms with Gasteiger partial charge in [0, 0.05) is 38.8 Å². The summed E-state index contributed by atoms with van der Waals surface area (Å²) in [6.45, 7) is 10.4. The van der Waals surface area contributed by atoms with Crippen LogP contribution in [0.1, 0.15) is 20.3 Å². The Bertz CT molecular complexity index is 228. The second kappa shape index (κ2) is 7.63. The third-order valence-electron chi connectivity index (χ3n) is 3.15. The molecule has 0 aromatic heterocycles. The predicted octanol–water partition coefficient (Wildman–Crippen LogP) is 0.504. The van der Waals surface area contributed by atoms with Gasteiger partial charge in [0.1, 0.15) is 0 Å². The Morgan fingerprint density at radius 2 is 2.00 bits per heavy atom. The Balaban J connectivity index is 2.25. The normalized spacial score (nSPS) is 17.9. The van der Waals surface area contributed by atoms with Crippen LogP contribution in [0.5, 0.6) is 0 Å². The second-order valence-electron chi connectivity index (χ2n) is 4.73. The monoisotopic (exact) mass is 244 g/mol. The van der Waals surface area contributed by atoms with Gasteiger partial charge >= 0.3 is 5.97 Å². The van der Waals surface area contributed by atoms with Crippen LogP contribution in [0, 0.1) is 0 Å². The largest absolute Gasteiger partial charge is 0.481 e. The molecule has 1 aliphatic heterocycles. The number of nitrogens with zero attached hydrogens (tertiary/aromatic N) is 2. The lowest BCUT2D eigenvalue weighted by Crippen LogP contribution is -2.43. The number of carboxylic acid groups (broad SMARTS) is 1. The maximum absolute atomic E-state index is 10.6. The van der Waals surface area contributed by atoms with Gasteiger partial charge in [0.05, 0.1) is 19.6 Å². The zero-order chi connectivity index (χ0) is 12.7. The molecule has 17 heavy (non-hydrogen) atoms. The standard InChI is InChI=1S/C12H24N2O3/c1-11(2)14(4-3-12(15)16)6-5-13-7-9-17-10-8-13/h11H,3-10H2,1-2H3,(H,15,16). The molecule has 5 nitrogen and oxygen atoms in total. The molecular weight excluding hydrogens is 220 g/mol. The molecule has 0 amide bonds. The molecule has 0 unspecified atom stereocenters. The SMILES string of the molecule is CC(C)N(CCC(=O)O)CCN1CCOCC1. The van der Waals surface area contributed by atoms with Crippen molar-refractivity contribution < 1.29 is 14.6 Å². The van der Waals surface area contributed by atoms with Gasteiger partial charge in [-0.2, -0.15) is 0 Å². The van der Waals surface area contributed by atoms with Crippen LogP contribution < -0.4 is 0 Å². The number of rotatable bonds is 7. The summed E-state index contributed by atoms with van der Waals surface area (Å²) < 4.78 is 5.30. The first kappa shape index (κ1) is 14.4. The summed E-state index contributed by atoms with van der Waals surface area (Å²) in [6, 6.07) is 0.399. The van der Waals surface area contributed by atoms with Crippen molar-refractivity contribution in [1.29, 1.82) is 0 Å². The van der Waals surface area contributed by atoms with Gasteiger partial charge in [-0.3, -0.25) is 14.6 Å². The summed E-state index contributed by atoms with van der Waals surface area (Å²) in [5, 5.41) is 8.71. The van der Waals surface area contributed by atoms with Crippen LogP contribution in [0.2, 0.25) is 0 Å². The average Bonchev–Trinajstić information content (AvgIpc) is 2.29. The second-order valence-corrected chi connectivity index (χ2v) is 4.73. The Labute approximate surface area is 103 Å². The van der Waals surface area contributed by atoms with E-state index in [1.54, 1.807) is 0 Å². The Hall–Kier alpha value is -0.650. The molecule has 100 valence electrons. The van der Waals surface area contributed by atoms with E-state index in [0.29, 0.717) is 12.6 Å². The summed E-state index contributed by atoms with van der Waals surface area (Å²) in [5.41, 5.74) is 0. The molecule has 1 fully saturated rings. The number of aliphatic carboxylic acids is 1. The van der Waals surface area contributed by atoms with Crippen LogP contribution in [-0.4, -0.2) is 72.9 Å². The first-order valence-electron chi connectivity index (χ1n) is 6.35. The average molecular weight is 244 g/mol. The van der Waals surface area contributed by atoms with Gasteiger partial charge in [-0.15, -0.1) is 0 Å². The molecule has 0 saturated carbocycles. The van der Waals surface area contributed by atoms with E-state index < -0.39 is 5.97 Å². The lowest BCUT2D eigenvalue weighted by Gasteiger charge is -2.31. The smallest absolute Gasteiger partial charge is 0.304 e. The van der Waals surface area contributed by atoms with Crippen molar-refractivity contribution in [2.24, 2.45) is 0 Å². The predicted molar refractivity (Wildman–Crippen MR) is 66.2 cm³/mol. The molecule has 0 spiro atoms. The summed E-state index contributed by atoms with van der Waals surface area (Å²) in [4.78, 5) is 15.2. The van der Waals surface area contributed by atoms with Crippen molar-refractivity contribution in [3.05, 3.63) is 0 Å². The third kappa shape index (κ3) is 6.00. The molecule has 1 saturated heterocycles. The zero-order valence-corrected chi connectivity index (χ0v) is 10.9. The van der Waals surface area contributed by atoms with Crippen LogP contribution in [0.25, 0.3) is 0 Å². The number of carbonyl (C=O) groups is 1. The fourth-order valence-corrected chi connectivity index (χ4v) is 1.96. The third-order valence-corrected chi connectivity index (χ3v) is 3.15. The fourth-order valence-electron chi connectivity index (χ4n) is 1.96. The molecule has 0 bridgehead atoms. The van der Waals surface area contributed by atoms with E-state index in [4.69, 9.17) is 9.84 Å². The lowest BCUT2D eigenvalue weighted by molar-refractivity contribution is -0.137. The van der Waals surface area contributed by atoms with Gasteiger partial charge in [0.15, 0.2) is 0 Å². The van der Waals surface area contributed by atoms with E-state index in [-0.39, 0.29) is 6.42 Å². The first-order valence-corrected chi connectivity index (χ1v) is 6.35. The molecule has 1 rings (SSSR count). The van der Waals surface area contributed by atoms with Crippen molar-refractivity contribution in [2.45, 2.75) is 26.3 Å². The molecule has 0 aromatic carbocycles. The van der Waals surface area contributed by atoms with Gasteiger partial charge in [0.25, 0.3) is 0 Å². The number of hydrogen-bond donors (Lipinski definition) is 1. The minimum atomic E-state index is -0.720. The minimum absolute atomic E-state index is 0.224. The number of carboxylic acids is 1. The summed E-state index contributed by atoms with van der Waals surface area (Å²) in [7, 11) is 0. The van der Waals surface area contributed by atoms with Crippen LogP contribution in [0.4, 0.5) is 0 Å². The highest BCUT2D eigenvalue weighted by atomic mass is 16.5. The highest BCUT2D eigenvalue weighted by Gasteiger charge is 2.14. The van der Waals surface area contributed by atoms with Gasteiger partial charge in [-0.1, -0.05) is 0 Å². The maximum Gasteiger partial charge on any atom is 0.304 e. The zero-order valence-electron chi connectivity index (χ0n) is 10.9. The molecular formula is C12H24N2O3. The molecule has 5 heteroatoms. The van der Waals surface area contributed by atoms with Crippen molar-refractivity contribution in [1.82, 2.24) is 9.80 Å². The van der Waals surface area contributed by atoms with Crippen molar-refractivity contribution in [3.8, 4) is 0 Å². The van der Waals surface area contributed by atoms with E-state index in [2.05, 4.69) is 23.6 Å². The van der Waals surface area contributed by atoms with Crippen molar-refractivity contribution in [2.75, 3.05) is 45.9 Å². The molecule has 1 aliphatic rings. The quantitative estimate of drug-likeness (QED) is 0.707. The number of ether oxygens (including phenoxy) is 1. The van der Waals surface area contributed by atoms with Gasteiger partial charge in [-0.25, -0.2) is 0 Å².